The molecule has 160 valence electrons. The first kappa shape index (κ1) is 21.5. The SMILES string of the molecule is CCNC(=NCCCc1nc(C(C)C)no1)NCCc1ccc(-n2cccn2)cc1. The Bertz CT molecular complexity index is 898. The first-order valence-corrected chi connectivity index (χ1v) is 10.6. The standard InChI is InChI=1S/C22H31N7O/c1-4-23-22(24-13-5-7-20-27-21(17(2)3)28-30-20)25-15-12-18-8-10-19(11-9-18)29-16-6-14-26-29/h6,8-11,14,16-17H,4-5,7,12-13,15H2,1-3H3,(H2,23,24,25). The van der Waals surface area contributed by atoms with Crippen LogP contribution in [0, 0.1) is 0 Å². The molecule has 0 radical (unpaired) electrons. The molecule has 1 aromatic carbocycles. The Kier molecular flexibility index (Phi) is 8.00. The number of nitrogens with one attached hydrogen (secondary N) is 2. The normalized spacial score (nSPS) is 11.8. The van der Waals surface area contributed by atoms with E-state index in [-0.39, 0.29) is 5.92 Å². The summed E-state index contributed by atoms with van der Waals surface area (Å²) in [5.41, 5.74) is 2.33. The molecular formula is C22H31N7O. The molecule has 0 atom stereocenters. The smallest absolute Gasteiger partial charge is 0.226 e. The van der Waals surface area contributed by atoms with Crippen LogP contribution < -0.4 is 10.6 Å². The Balaban J connectivity index is 1.42. The molecule has 0 amide bonds. The van der Waals surface area contributed by atoms with Gasteiger partial charge in [-0.2, -0.15) is 10.1 Å². The van der Waals surface area contributed by atoms with E-state index in [1.807, 2.05) is 16.9 Å². The van der Waals surface area contributed by atoms with Crippen LogP contribution in [0.25, 0.3) is 5.69 Å². The largest absolute Gasteiger partial charge is 0.357 e. The summed E-state index contributed by atoms with van der Waals surface area (Å²) in [5, 5.41) is 14.9. The summed E-state index contributed by atoms with van der Waals surface area (Å²) in [5.74, 6) is 2.57. The molecule has 8 nitrogen and oxygen atoms in total. The fourth-order valence-corrected chi connectivity index (χ4v) is 2.93. The third-order valence-corrected chi connectivity index (χ3v) is 4.57. The Morgan fingerprint density at radius 2 is 2.00 bits per heavy atom. The quantitative estimate of drug-likeness (QED) is 0.304. The van der Waals surface area contributed by atoms with Crippen molar-refractivity contribution < 1.29 is 4.52 Å². The van der Waals surface area contributed by atoms with Crippen LogP contribution in [-0.2, 0) is 12.8 Å². The molecule has 0 aliphatic heterocycles. The summed E-state index contributed by atoms with van der Waals surface area (Å²) in [6, 6.07) is 10.4. The van der Waals surface area contributed by atoms with Gasteiger partial charge in [-0.1, -0.05) is 31.1 Å². The molecular weight excluding hydrogens is 378 g/mol. The van der Waals surface area contributed by atoms with Gasteiger partial charge in [-0.3, -0.25) is 4.99 Å². The number of hydrogen-bond donors (Lipinski definition) is 2. The summed E-state index contributed by atoms with van der Waals surface area (Å²) >= 11 is 0. The van der Waals surface area contributed by atoms with E-state index in [1.54, 1.807) is 6.20 Å². The second kappa shape index (κ2) is 11.1. The molecule has 2 aromatic heterocycles. The van der Waals surface area contributed by atoms with Gasteiger partial charge in [0.15, 0.2) is 11.8 Å². The Morgan fingerprint density at radius 1 is 1.17 bits per heavy atom. The van der Waals surface area contributed by atoms with Gasteiger partial charge in [0.25, 0.3) is 0 Å². The number of benzene rings is 1. The van der Waals surface area contributed by atoms with Gasteiger partial charge in [0.1, 0.15) is 0 Å². The Hall–Kier alpha value is -3.16. The highest BCUT2D eigenvalue weighted by atomic mass is 16.5. The average Bonchev–Trinajstić information content (AvgIpc) is 3.44. The molecule has 0 spiro atoms. The van der Waals surface area contributed by atoms with Crippen molar-refractivity contribution in [3.63, 3.8) is 0 Å². The highest BCUT2D eigenvalue weighted by Gasteiger charge is 2.09. The first-order valence-electron chi connectivity index (χ1n) is 10.6. The monoisotopic (exact) mass is 409 g/mol. The van der Waals surface area contributed by atoms with Crippen LogP contribution in [0.4, 0.5) is 0 Å². The topological polar surface area (TPSA) is 93.2 Å². The fourth-order valence-electron chi connectivity index (χ4n) is 2.93. The predicted octanol–water partition coefficient (Wildman–Crippen LogP) is 3.11. The molecule has 0 saturated carbocycles. The van der Waals surface area contributed by atoms with E-state index >= 15 is 0 Å². The summed E-state index contributed by atoms with van der Waals surface area (Å²) in [6.45, 7) is 8.52. The molecule has 0 fully saturated rings. The number of rotatable bonds is 10. The molecule has 3 aromatic rings. The average molecular weight is 410 g/mol. The fraction of sp³-hybridized carbons (Fsp3) is 0.455. The van der Waals surface area contributed by atoms with Crippen molar-refractivity contribution >= 4 is 5.96 Å². The lowest BCUT2D eigenvalue weighted by Gasteiger charge is -2.11. The third kappa shape index (κ3) is 6.43. The van der Waals surface area contributed by atoms with E-state index < -0.39 is 0 Å². The van der Waals surface area contributed by atoms with E-state index in [4.69, 9.17) is 4.52 Å². The number of nitrogens with zero attached hydrogens (tertiary/aromatic N) is 5. The van der Waals surface area contributed by atoms with Crippen LogP contribution in [0.3, 0.4) is 0 Å². The minimum Gasteiger partial charge on any atom is -0.357 e. The second-order valence-corrected chi connectivity index (χ2v) is 7.36. The Morgan fingerprint density at radius 3 is 2.67 bits per heavy atom. The summed E-state index contributed by atoms with van der Waals surface area (Å²) in [4.78, 5) is 9.05. The van der Waals surface area contributed by atoms with Crippen LogP contribution in [0.5, 0.6) is 0 Å². The number of aromatic nitrogens is 4. The van der Waals surface area contributed by atoms with Crippen molar-refractivity contribution in [3.8, 4) is 5.69 Å². The van der Waals surface area contributed by atoms with E-state index in [0.717, 1.165) is 49.8 Å². The summed E-state index contributed by atoms with van der Waals surface area (Å²) in [7, 11) is 0. The van der Waals surface area contributed by atoms with Crippen molar-refractivity contribution in [2.45, 2.75) is 46.0 Å². The molecule has 3 rings (SSSR count). The maximum absolute atomic E-state index is 5.28. The predicted molar refractivity (Wildman–Crippen MR) is 118 cm³/mol. The number of hydrogen-bond acceptors (Lipinski definition) is 5. The zero-order valence-electron chi connectivity index (χ0n) is 18.0. The molecule has 0 saturated heterocycles. The second-order valence-electron chi connectivity index (χ2n) is 7.36. The van der Waals surface area contributed by atoms with Gasteiger partial charge in [0, 0.05) is 44.4 Å². The molecule has 0 bridgehead atoms. The molecule has 0 unspecified atom stereocenters. The van der Waals surface area contributed by atoms with Crippen molar-refractivity contribution in [2.24, 2.45) is 4.99 Å². The van der Waals surface area contributed by atoms with Crippen molar-refractivity contribution in [2.75, 3.05) is 19.6 Å². The molecule has 2 heterocycles. The lowest BCUT2D eigenvalue weighted by molar-refractivity contribution is 0.369. The van der Waals surface area contributed by atoms with Gasteiger partial charge in [0.2, 0.25) is 5.89 Å². The van der Waals surface area contributed by atoms with Crippen LogP contribution in [0.1, 0.15) is 50.4 Å². The zero-order chi connectivity index (χ0) is 21.2. The first-order chi connectivity index (χ1) is 14.7. The van der Waals surface area contributed by atoms with Crippen LogP contribution in [0.2, 0.25) is 0 Å². The zero-order valence-corrected chi connectivity index (χ0v) is 18.0. The lowest BCUT2D eigenvalue weighted by atomic mass is 10.1. The van der Waals surface area contributed by atoms with Gasteiger partial charge in [0.05, 0.1) is 5.69 Å². The number of aryl methyl sites for hydroxylation is 1. The van der Waals surface area contributed by atoms with Gasteiger partial charge < -0.3 is 15.2 Å². The Labute approximate surface area is 177 Å². The van der Waals surface area contributed by atoms with E-state index in [9.17, 15) is 0 Å². The maximum Gasteiger partial charge on any atom is 0.226 e. The van der Waals surface area contributed by atoms with Gasteiger partial charge in [-0.05, 0) is 43.5 Å². The maximum atomic E-state index is 5.28. The van der Waals surface area contributed by atoms with Gasteiger partial charge in [-0.25, -0.2) is 4.68 Å². The van der Waals surface area contributed by atoms with Crippen molar-refractivity contribution in [1.82, 2.24) is 30.6 Å². The molecule has 0 aliphatic rings. The molecule has 30 heavy (non-hydrogen) atoms. The third-order valence-electron chi connectivity index (χ3n) is 4.57. The molecule has 2 N–H and O–H groups in total. The summed E-state index contributed by atoms with van der Waals surface area (Å²) < 4.78 is 7.14. The highest BCUT2D eigenvalue weighted by Crippen LogP contribution is 2.11. The molecule has 8 heteroatoms. The van der Waals surface area contributed by atoms with Crippen molar-refractivity contribution in [1.29, 1.82) is 0 Å². The minimum absolute atomic E-state index is 0.284. The van der Waals surface area contributed by atoms with Crippen LogP contribution in [-0.4, -0.2) is 45.5 Å². The molecule has 0 aliphatic carbocycles. The van der Waals surface area contributed by atoms with Gasteiger partial charge >= 0.3 is 0 Å². The highest BCUT2D eigenvalue weighted by molar-refractivity contribution is 5.79. The number of aliphatic imine (C=N–C) groups is 1. The summed E-state index contributed by atoms with van der Waals surface area (Å²) in [6.07, 6.45) is 6.25. The number of guanidine groups is 1. The van der Waals surface area contributed by atoms with E-state index in [2.05, 4.69) is 75.9 Å². The van der Waals surface area contributed by atoms with Crippen molar-refractivity contribution in [3.05, 3.63) is 60.0 Å². The lowest BCUT2D eigenvalue weighted by Crippen LogP contribution is -2.38. The van der Waals surface area contributed by atoms with E-state index in [0.29, 0.717) is 12.4 Å². The van der Waals surface area contributed by atoms with E-state index in [1.165, 1.54) is 5.56 Å². The van der Waals surface area contributed by atoms with Crippen LogP contribution >= 0.6 is 0 Å². The van der Waals surface area contributed by atoms with Crippen LogP contribution in [0.15, 0.2) is 52.2 Å². The minimum atomic E-state index is 0.284. The van der Waals surface area contributed by atoms with Gasteiger partial charge in [-0.15, -0.1) is 0 Å².